The minimum atomic E-state index is -6.89. The van der Waals surface area contributed by atoms with Crippen LogP contribution in [0.1, 0.15) is 188 Å². The second-order valence-corrected chi connectivity index (χ2v) is 40.7. The van der Waals surface area contributed by atoms with Gasteiger partial charge in [0, 0.05) is 93.3 Å². The van der Waals surface area contributed by atoms with Crippen LogP contribution in [0, 0.1) is 50.4 Å². The van der Waals surface area contributed by atoms with Crippen LogP contribution >= 0.6 is 35.1 Å². The van der Waals surface area contributed by atoms with Crippen molar-refractivity contribution >= 4 is 70.6 Å². The average molecular weight is 2130 g/mol. The molecular weight excluding hydrogens is 2030 g/mol. The minimum absolute atomic E-state index is 0. The molecule has 0 saturated carbocycles. The number of piperazine rings is 2. The van der Waals surface area contributed by atoms with Crippen LogP contribution in [0.3, 0.4) is 0 Å². The molecule has 49 heteroatoms. The van der Waals surface area contributed by atoms with Crippen molar-refractivity contribution in [3.05, 3.63) is 125 Å². The molecular formula is C97H107ClF14N8O24S2. The number of phenolic OH excluding ortho intramolecular Hbond substituents is 3. The fourth-order valence-electron chi connectivity index (χ4n) is 21.6. The number of methoxy groups -OCH3 is 4. The summed E-state index contributed by atoms with van der Waals surface area (Å²) >= 11 is 6.30. The highest BCUT2D eigenvalue weighted by atomic mass is 35.5. The van der Waals surface area contributed by atoms with Gasteiger partial charge in [-0.2, -0.15) is 72.0 Å². The van der Waals surface area contributed by atoms with E-state index in [9.17, 15) is 103 Å². The minimum Gasteiger partial charge on any atom is -0.507 e. The van der Waals surface area contributed by atoms with Crippen molar-refractivity contribution in [3.8, 4) is 92.6 Å². The third-order valence-electron chi connectivity index (χ3n) is 27.7. The van der Waals surface area contributed by atoms with Crippen molar-refractivity contribution < 1.29 is 177 Å². The molecule has 796 valence electrons. The maximum Gasteiger partial charge on any atom is 0.514 e. The summed E-state index contributed by atoms with van der Waals surface area (Å²) in [7, 11) is 9.34. The number of carbonyl (C=O) groups excluding carboxylic acids is 6. The Labute approximate surface area is 842 Å². The topological polar surface area (TPSA) is 386 Å². The molecule has 14 heterocycles. The van der Waals surface area contributed by atoms with E-state index < -0.39 is 178 Å². The predicted molar refractivity (Wildman–Crippen MR) is 494 cm³/mol. The Balaban J connectivity index is 0.000000216. The van der Waals surface area contributed by atoms with Gasteiger partial charge in [-0.05, 0) is 189 Å². The summed E-state index contributed by atoms with van der Waals surface area (Å²) in [5.74, 6) is -30.3. The van der Waals surface area contributed by atoms with Crippen LogP contribution in [0.5, 0.6) is 80.5 Å². The molecule has 0 aromatic heterocycles. The van der Waals surface area contributed by atoms with E-state index in [-0.39, 0.29) is 147 Å². The molecule has 8 bridgehead atoms. The maximum absolute atomic E-state index is 15.4. The van der Waals surface area contributed by atoms with Crippen molar-refractivity contribution in [2.45, 2.75) is 246 Å². The van der Waals surface area contributed by atoms with Gasteiger partial charge in [-0.1, -0.05) is 34.4 Å². The van der Waals surface area contributed by atoms with Gasteiger partial charge in [0.1, 0.15) is 48.0 Å². The molecule has 6 aromatic carbocycles. The van der Waals surface area contributed by atoms with Crippen LogP contribution in [-0.2, 0) is 74.9 Å². The summed E-state index contributed by atoms with van der Waals surface area (Å²) in [6, 6.07) is 7.35. The zero-order valence-corrected chi connectivity index (χ0v) is 81.4. The van der Waals surface area contributed by atoms with Crippen LogP contribution in [0.4, 0.5) is 71.1 Å². The number of benzene rings is 6. The van der Waals surface area contributed by atoms with Crippen molar-refractivity contribution in [2.24, 2.45) is 0 Å². The third-order valence-corrected chi connectivity index (χ3v) is 30.9. The van der Waals surface area contributed by atoms with Crippen molar-refractivity contribution in [1.29, 1.82) is 10.5 Å². The Kier molecular flexibility index (Phi) is 30.2. The second-order valence-electron chi connectivity index (χ2n) is 38.1. The number of nitrogens with one attached hydrogen (secondary N) is 2. The lowest BCUT2D eigenvalue weighted by molar-refractivity contribution is -0.346. The SMILES string of the molecule is C.C.C.COc1cc2c(cc1OC(=O)OC(C)(C)C)CCN[C@]21CS[C@@H]2c3c(O)c(C)c4c(c3[C@H](COC1=O)N1C2[C@H]2c3c(cc(C)c(OC)c3O)C[C@@H]([C@@H]1C#N)N2C)OCO4.COc1cc2c(cc1OC(=O)OC(C)(C)C)CCN[C@]21CS[C@@H]2c3c(OC(=O)C(F)(F)C(F)(F)C(F)(F)F)c(C)c4c(c3[C@H](COC1=O)N1C2[C@H]2c3c(cc(C)c(OC)c3O)C[C@@H]([C@@H]1C#N)N2C)OCO4.O=C(Cl)C(F)(F)C(F)(F)C(F)(F)F. The fraction of sp³-hybridized carbons (Fsp3) is 0.546. The number of alkyl halides is 14. The van der Waals surface area contributed by atoms with E-state index in [1.165, 1.54) is 59.3 Å². The highest BCUT2D eigenvalue weighted by Gasteiger charge is 2.79. The van der Waals surface area contributed by atoms with Gasteiger partial charge in [0.25, 0.3) is 5.24 Å². The van der Waals surface area contributed by atoms with Gasteiger partial charge in [0.15, 0.2) is 80.1 Å². The summed E-state index contributed by atoms with van der Waals surface area (Å²) in [5, 5.41) is 60.7. The first-order chi connectivity index (χ1) is 66.8. The first-order valence-electron chi connectivity index (χ1n) is 44.4. The molecule has 2 unspecified atom stereocenters. The number of rotatable bonds is 11. The van der Waals surface area contributed by atoms with Crippen LogP contribution in [0.25, 0.3) is 0 Å². The van der Waals surface area contributed by atoms with Crippen molar-refractivity contribution in [1.82, 2.24) is 30.2 Å². The number of phenols is 3. The molecule has 14 atom stereocenters. The second kappa shape index (κ2) is 39.5. The quantitative estimate of drug-likeness (QED) is 0.0201. The largest absolute Gasteiger partial charge is 0.514 e. The number of nitriles is 2. The zero-order valence-electron chi connectivity index (χ0n) is 79.0. The van der Waals surface area contributed by atoms with Crippen LogP contribution in [0.2, 0.25) is 0 Å². The van der Waals surface area contributed by atoms with E-state index in [0.717, 1.165) is 28.5 Å². The molecule has 14 aliphatic heterocycles. The normalized spacial score (nSPS) is 25.2. The van der Waals surface area contributed by atoms with E-state index in [2.05, 4.69) is 44.2 Å². The molecule has 0 radical (unpaired) electrons. The van der Waals surface area contributed by atoms with E-state index in [0.29, 0.717) is 92.3 Å². The van der Waals surface area contributed by atoms with Crippen LogP contribution < -0.4 is 62.7 Å². The molecule has 146 heavy (non-hydrogen) atoms. The molecule has 14 aliphatic rings. The summed E-state index contributed by atoms with van der Waals surface area (Å²) in [5.41, 5.74) is 2.37. The van der Waals surface area contributed by atoms with Crippen LogP contribution in [0.15, 0.2) is 36.4 Å². The monoisotopic (exact) mass is 2130 g/mol. The van der Waals surface area contributed by atoms with Gasteiger partial charge < -0.3 is 86.4 Å². The van der Waals surface area contributed by atoms with E-state index in [4.69, 9.17) is 71.1 Å². The first kappa shape index (κ1) is 112. The van der Waals surface area contributed by atoms with Gasteiger partial charge >= 0.3 is 66.3 Å². The summed E-state index contributed by atoms with van der Waals surface area (Å²) in [6.45, 7) is 15.9. The summed E-state index contributed by atoms with van der Waals surface area (Å²) < 4.78 is 268. The number of halogens is 15. The van der Waals surface area contributed by atoms with E-state index in [1.807, 2.05) is 24.9 Å². The predicted octanol–water partition coefficient (Wildman–Crippen LogP) is 17.3. The maximum atomic E-state index is 15.4. The Morgan fingerprint density at radius 3 is 1.22 bits per heavy atom. The molecule has 4 fully saturated rings. The Hall–Kier alpha value is -11.5. The number of hydrogen-bond donors (Lipinski definition) is 5. The summed E-state index contributed by atoms with van der Waals surface area (Å²) in [6.07, 6.45) is -13.9. The lowest BCUT2D eigenvalue weighted by Gasteiger charge is -2.62. The van der Waals surface area contributed by atoms with E-state index in [1.54, 1.807) is 85.5 Å². The molecule has 0 amide bonds. The number of nitrogens with zero attached hydrogens (tertiary/aromatic N) is 6. The lowest BCUT2D eigenvalue weighted by atomic mass is 9.71. The smallest absolute Gasteiger partial charge is 0.507 e. The molecule has 32 nitrogen and oxygen atoms in total. The van der Waals surface area contributed by atoms with E-state index >= 15 is 13.6 Å². The number of aryl methyl sites for hydroxylation is 2. The Morgan fingerprint density at radius 2 is 0.856 bits per heavy atom. The Bertz CT molecular complexity index is 6340. The highest BCUT2D eigenvalue weighted by molar-refractivity contribution is 7.99. The number of carbonyl (C=O) groups is 6. The third kappa shape index (κ3) is 17.8. The molecule has 0 aliphatic carbocycles. The number of hydrogen-bond acceptors (Lipinski definition) is 34. The molecule has 2 spiro atoms. The van der Waals surface area contributed by atoms with Crippen molar-refractivity contribution in [3.63, 3.8) is 0 Å². The standard InChI is InChI=1S/C47H47F7N4O12S.C43H48N4O11S.C4ClF7O.3CH4/c1-19-11-22-12-24-25(15-55)58-26-16-65-40(60)44(23-14-27(63-7)28(13-21(23)9-10-56-44)68-42(62)70-43(3,4)5)17-71-39(33(58)32(57(24)6)29(22)34(59)35(19)64-8)31-30(26)38-37(66-18-67-38)20(2)36(31)69-41(61)45(48,49)46(50,51)47(52,53)54;1-19-11-22-12-24-25(15-44)47-26-16-54-40(50)43(23-14-27(52-7)28(13-21(23)9-10-45-43)57-41(51)58-42(3,4)5)17-59-39(31-30(26)38-37(55-18-56-38)20(2)34(31)48)33(47)32(46(24)6)29(22)35(49)36(19)53-8;5-1(13)2(6,7)3(8,9)4(10,11)12;;;/h11,13-14,24-26,32-33,39,56,59H,9-10,12,16-18H2,1-8H3;11,13-14,24-26,32-33,39,45,48-49H,9-10,12,16-18H2,1-8H3;;3*1H4/t24-,25-,26-,32+,33?,39+,44+;24-,25-,26-,32+,33?,39+,43+;;;;/m00..../s1. The number of fused-ring (bicyclic) bond motifs is 18. The lowest BCUT2D eigenvalue weighted by Crippen LogP contribution is -2.69. The van der Waals surface area contributed by atoms with Gasteiger partial charge in [-0.25, -0.2) is 24.0 Å². The number of aromatic hydroxyl groups is 3. The van der Waals surface area contributed by atoms with Gasteiger partial charge in [-0.15, -0.1) is 23.5 Å². The number of likely N-dealkylation sites (N-methyl/N-ethyl adjacent to an activating group) is 2. The van der Waals surface area contributed by atoms with Gasteiger partial charge in [-0.3, -0.25) is 35.0 Å². The van der Waals surface area contributed by atoms with Crippen molar-refractivity contribution in [2.75, 3.05) is 93.9 Å². The Morgan fingerprint density at radius 1 is 0.479 bits per heavy atom. The van der Waals surface area contributed by atoms with Crippen LogP contribution in [-0.4, -0.2) is 248 Å². The van der Waals surface area contributed by atoms with Gasteiger partial charge in [0.2, 0.25) is 13.6 Å². The molecule has 6 aromatic rings. The number of ether oxygens (including phenoxy) is 15. The molecule has 4 saturated heterocycles. The van der Waals surface area contributed by atoms with Gasteiger partial charge in [0.05, 0.1) is 75.2 Å². The zero-order chi connectivity index (χ0) is 105. The average Bonchev–Trinajstić information content (AvgIpc) is 0.933. The summed E-state index contributed by atoms with van der Waals surface area (Å²) in [4.78, 5) is 86.6. The number of esters is 3. The fourth-order valence-corrected chi connectivity index (χ4v) is 25.1. The highest BCUT2D eigenvalue weighted by Crippen LogP contribution is 2.69. The molecule has 5 N–H and O–H groups in total. The first-order valence-corrected chi connectivity index (χ1v) is 46.9. The molecule has 20 rings (SSSR count). The number of thioether (sulfide) groups is 2.